The number of amides is 2. The number of oxazole rings is 1. The Labute approximate surface area is 136 Å². The molecule has 0 spiro atoms. The number of aromatic nitrogens is 1. The van der Waals surface area contributed by atoms with Crippen LogP contribution in [0.4, 0.5) is 0 Å². The summed E-state index contributed by atoms with van der Waals surface area (Å²) in [6.45, 7) is 8.56. The van der Waals surface area contributed by atoms with Crippen molar-refractivity contribution in [1.82, 2.24) is 19.7 Å². The fraction of sp³-hybridized carbons (Fsp3) is 0.688. The molecule has 0 aromatic carbocycles. The van der Waals surface area contributed by atoms with E-state index in [2.05, 4.69) is 9.88 Å². The second kappa shape index (κ2) is 6.70. The molecule has 0 unspecified atom stereocenters. The van der Waals surface area contributed by atoms with E-state index in [1.165, 1.54) is 0 Å². The molecule has 0 saturated carbocycles. The highest BCUT2D eigenvalue weighted by atomic mass is 16.4. The molecule has 1 aromatic rings. The van der Waals surface area contributed by atoms with Crippen molar-refractivity contribution in [2.24, 2.45) is 0 Å². The molecule has 2 amide bonds. The number of piperazine rings is 1. The summed E-state index contributed by atoms with van der Waals surface area (Å²) in [6, 6.07) is 0. The van der Waals surface area contributed by atoms with Crippen LogP contribution in [0.5, 0.6) is 0 Å². The molecule has 0 radical (unpaired) electrons. The fourth-order valence-electron chi connectivity index (χ4n) is 3.10. The van der Waals surface area contributed by atoms with E-state index in [4.69, 9.17) is 4.42 Å². The molecular weight excluding hydrogens is 296 g/mol. The van der Waals surface area contributed by atoms with E-state index in [1.54, 1.807) is 9.80 Å². The highest BCUT2D eigenvalue weighted by Gasteiger charge is 2.30. The van der Waals surface area contributed by atoms with E-state index >= 15 is 0 Å². The molecule has 0 atom stereocenters. The van der Waals surface area contributed by atoms with Crippen LogP contribution in [0, 0.1) is 13.8 Å². The number of likely N-dealkylation sites (tertiary alicyclic amines) is 1. The summed E-state index contributed by atoms with van der Waals surface area (Å²) in [5, 5.41) is 0. The van der Waals surface area contributed by atoms with E-state index in [1.807, 2.05) is 13.8 Å². The molecule has 2 fully saturated rings. The van der Waals surface area contributed by atoms with Gasteiger partial charge >= 0.3 is 11.8 Å². The number of hydrogen-bond donors (Lipinski definition) is 0. The molecule has 126 valence electrons. The van der Waals surface area contributed by atoms with Gasteiger partial charge in [0.2, 0.25) is 5.89 Å². The molecule has 7 heteroatoms. The lowest BCUT2D eigenvalue weighted by Gasteiger charge is -2.34. The maximum atomic E-state index is 12.3. The maximum absolute atomic E-state index is 12.3. The Morgan fingerprint density at radius 3 is 2.04 bits per heavy atom. The second-order valence-corrected chi connectivity index (χ2v) is 6.32. The molecule has 0 bridgehead atoms. The van der Waals surface area contributed by atoms with Crippen LogP contribution in [0.2, 0.25) is 0 Å². The van der Waals surface area contributed by atoms with Crippen LogP contribution in [-0.4, -0.2) is 70.8 Å². The first-order valence-electron chi connectivity index (χ1n) is 8.28. The van der Waals surface area contributed by atoms with Gasteiger partial charge in [0.15, 0.2) is 0 Å². The van der Waals surface area contributed by atoms with Crippen molar-refractivity contribution in [3.05, 3.63) is 17.3 Å². The van der Waals surface area contributed by atoms with Crippen molar-refractivity contribution in [2.45, 2.75) is 33.2 Å². The molecule has 2 saturated heterocycles. The van der Waals surface area contributed by atoms with Crippen LogP contribution < -0.4 is 0 Å². The first kappa shape index (κ1) is 16.0. The SMILES string of the molecule is Cc1nc(CN2CCN(C(=O)C(=O)N3CCCC3)CC2)oc1C. The summed E-state index contributed by atoms with van der Waals surface area (Å²) in [7, 11) is 0. The molecular formula is C16H24N4O3. The summed E-state index contributed by atoms with van der Waals surface area (Å²) in [5.41, 5.74) is 0.921. The van der Waals surface area contributed by atoms with Gasteiger partial charge in [-0.1, -0.05) is 0 Å². The number of aryl methyl sites for hydroxylation is 2. The number of nitrogens with zero attached hydrogens (tertiary/aromatic N) is 4. The average Bonchev–Trinajstić information content (AvgIpc) is 3.17. The van der Waals surface area contributed by atoms with Crippen LogP contribution in [0.3, 0.4) is 0 Å². The molecule has 0 N–H and O–H groups in total. The Bertz CT molecular complexity index is 565. The smallest absolute Gasteiger partial charge is 0.312 e. The van der Waals surface area contributed by atoms with E-state index in [9.17, 15) is 9.59 Å². The molecule has 23 heavy (non-hydrogen) atoms. The summed E-state index contributed by atoms with van der Waals surface area (Å²) in [4.78, 5) is 34.4. The monoisotopic (exact) mass is 320 g/mol. The lowest BCUT2D eigenvalue weighted by molar-refractivity contribution is -0.152. The first-order chi connectivity index (χ1) is 11.0. The van der Waals surface area contributed by atoms with E-state index in [-0.39, 0.29) is 11.8 Å². The van der Waals surface area contributed by atoms with Crippen LogP contribution in [0.25, 0.3) is 0 Å². The van der Waals surface area contributed by atoms with Crippen LogP contribution in [0.1, 0.15) is 30.2 Å². The zero-order valence-corrected chi connectivity index (χ0v) is 13.9. The lowest BCUT2D eigenvalue weighted by atomic mass is 10.3. The van der Waals surface area contributed by atoms with Crippen LogP contribution in [-0.2, 0) is 16.1 Å². The van der Waals surface area contributed by atoms with Gasteiger partial charge in [-0.05, 0) is 26.7 Å². The third kappa shape index (κ3) is 3.55. The Morgan fingerprint density at radius 2 is 1.52 bits per heavy atom. The van der Waals surface area contributed by atoms with Gasteiger partial charge in [-0.15, -0.1) is 0 Å². The van der Waals surface area contributed by atoms with Gasteiger partial charge in [0.1, 0.15) is 5.76 Å². The first-order valence-corrected chi connectivity index (χ1v) is 8.28. The van der Waals surface area contributed by atoms with Crippen molar-refractivity contribution >= 4 is 11.8 Å². The Hall–Kier alpha value is -1.89. The zero-order chi connectivity index (χ0) is 16.4. The number of hydrogen-bond acceptors (Lipinski definition) is 5. The van der Waals surface area contributed by atoms with Gasteiger partial charge in [-0.25, -0.2) is 4.98 Å². The van der Waals surface area contributed by atoms with Gasteiger partial charge in [-0.3, -0.25) is 14.5 Å². The molecule has 2 aliphatic heterocycles. The Kier molecular flexibility index (Phi) is 4.66. The summed E-state index contributed by atoms with van der Waals surface area (Å²) < 4.78 is 5.60. The minimum atomic E-state index is -0.352. The molecule has 3 heterocycles. The third-order valence-electron chi connectivity index (χ3n) is 4.67. The largest absolute Gasteiger partial charge is 0.444 e. The quantitative estimate of drug-likeness (QED) is 0.745. The van der Waals surface area contributed by atoms with Crippen molar-refractivity contribution < 1.29 is 14.0 Å². The van der Waals surface area contributed by atoms with Gasteiger partial charge in [0, 0.05) is 39.3 Å². The predicted octanol–water partition coefficient (Wildman–Crippen LogP) is 0.558. The zero-order valence-electron chi connectivity index (χ0n) is 13.9. The minimum absolute atomic E-state index is 0.338. The van der Waals surface area contributed by atoms with Crippen molar-refractivity contribution in [2.75, 3.05) is 39.3 Å². The number of rotatable bonds is 2. The topological polar surface area (TPSA) is 69.9 Å². The van der Waals surface area contributed by atoms with Crippen LogP contribution >= 0.6 is 0 Å². The van der Waals surface area contributed by atoms with E-state index in [0.717, 1.165) is 37.4 Å². The van der Waals surface area contributed by atoms with Crippen molar-refractivity contribution in [3.8, 4) is 0 Å². The molecule has 3 rings (SSSR count). The highest BCUT2D eigenvalue weighted by molar-refractivity contribution is 6.34. The average molecular weight is 320 g/mol. The summed E-state index contributed by atoms with van der Waals surface area (Å²) in [5.74, 6) is 0.877. The minimum Gasteiger partial charge on any atom is -0.444 e. The van der Waals surface area contributed by atoms with Gasteiger partial charge in [-0.2, -0.15) is 0 Å². The standard InChI is InChI=1S/C16H24N4O3/c1-12-13(2)23-14(17-12)11-18-7-9-20(10-8-18)16(22)15(21)19-5-3-4-6-19/h3-11H2,1-2H3. The number of carbonyl (C=O) groups excluding carboxylic acids is 2. The predicted molar refractivity (Wildman–Crippen MR) is 83.6 cm³/mol. The second-order valence-electron chi connectivity index (χ2n) is 6.32. The Morgan fingerprint density at radius 1 is 0.957 bits per heavy atom. The molecule has 0 aliphatic carbocycles. The molecule has 7 nitrogen and oxygen atoms in total. The van der Waals surface area contributed by atoms with Gasteiger partial charge < -0.3 is 14.2 Å². The van der Waals surface area contributed by atoms with Crippen LogP contribution in [0.15, 0.2) is 4.42 Å². The van der Waals surface area contributed by atoms with Crippen molar-refractivity contribution in [1.29, 1.82) is 0 Å². The van der Waals surface area contributed by atoms with Crippen molar-refractivity contribution in [3.63, 3.8) is 0 Å². The highest BCUT2D eigenvalue weighted by Crippen LogP contribution is 2.13. The summed E-state index contributed by atoms with van der Waals surface area (Å²) >= 11 is 0. The van der Waals surface area contributed by atoms with E-state index < -0.39 is 0 Å². The number of carbonyl (C=O) groups is 2. The Balaban J connectivity index is 1.49. The van der Waals surface area contributed by atoms with Gasteiger partial charge in [0.25, 0.3) is 0 Å². The molecule has 2 aliphatic rings. The summed E-state index contributed by atoms with van der Waals surface area (Å²) in [6.07, 6.45) is 2.00. The lowest BCUT2D eigenvalue weighted by Crippen LogP contribution is -2.52. The maximum Gasteiger partial charge on any atom is 0.312 e. The molecule has 1 aromatic heterocycles. The van der Waals surface area contributed by atoms with Gasteiger partial charge in [0.05, 0.1) is 12.2 Å². The van der Waals surface area contributed by atoms with E-state index in [0.29, 0.717) is 38.6 Å². The normalized spacial score (nSPS) is 19.4. The fourth-order valence-corrected chi connectivity index (χ4v) is 3.10. The third-order valence-corrected chi connectivity index (χ3v) is 4.67.